The number of hydrogen-bond acceptors (Lipinski definition) is 5. The van der Waals surface area contributed by atoms with Crippen LogP contribution in [0.2, 0.25) is 0 Å². The summed E-state index contributed by atoms with van der Waals surface area (Å²) in [6, 6.07) is -0.732. The molecule has 6 nitrogen and oxygen atoms in total. The van der Waals surface area contributed by atoms with Gasteiger partial charge in [-0.15, -0.1) is 11.3 Å². The summed E-state index contributed by atoms with van der Waals surface area (Å²) >= 11 is 1.17. The highest BCUT2D eigenvalue weighted by Crippen LogP contribution is 2.24. The second-order valence-electron chi connectivity index (χ2n) is 2.62. The van der Waals surface area contributed by atoms with Crippen LogP contribution in [0.4, 0.5) is 9.80 Å². The lowest BCUT2D eigenvalue weighted by Gasteiger charge is -2.01. The normalized spacial score (nSPS) is 9.73. The van der Waals surface area contributed by atoms with Crippen molar-refractivity contribution in [1.29, 1.82) is 0 Å². The van der Waals surface area contributed by atoms with Crippen LogP contribution in [0.15, 0.2) is 0 Å². The van der Waals surface area contributed by atoms with Crippen LogP contribution in [0.1, 0.15) is 22.4 Å². The number of thiazole rings is 1. The lowest BCUT2D eigenvalue weighted by atomic mass is 10.4. The quantitative estimate of drug-likeness (QED) is 0.759. The average Bonchev–Trinajstić information content (AvgIpc) is 2.46. The molecule has 0 saturated carbocycles. The molecular formula is C8H11N3O3S. The Morgan fingerprint density at radius 3 is 2.80 bits per heavy atom. The number of carbonyl (C=O) groups is 2. The number of ether oxygens (including phenoxy) is 1. The van der Waals surface area contributed by atoms with Gasteiger partial charge in [0.2, 0.25) is 0 Å². The number of primary amides is 1. The van der Waals surface area contributed by atoms with Crippen LogP contribution in [0, 0.1) is 6.92 Å². The third-order valence-corrected chi connectivity index (χ3v) is 2.33. The predicted octanol–water partition coefficient (Wildman–Crippen LogP) is 1.12. The Labute approximate surface area is 90.4 Å². The molecule has 1 rings (SSSR count). The Balaban J connectivity index is 2.95. The number of amides is 2. The predicted molar refractivity (Wildman–Crippen MR) is 56.0 cm³/mol. The molecule has 0 aliphatic heterocycles. The molecule has 1 aromatic rings. The lowest BCUT2D eigenvalue weighted by Crippen LogP contribution is -2.20. The van der Waals surface area contributed by atoms with Gasteiger partial charge in [0, 0.05) is 0 Å². The fourth-order valence-corrected chi connectivity index (χ4v) is 1.77. The Kier molecular flexibility index (Phi) is 3.62. The molecule has 1 heterocycles. The first-order valence-corrected chi connectivity index (χ1v) is 5.07. The number of nitrogens with one attached hydrogen (secondary N) is 1. The van der Waals surface area contributed by atoms with Crippen molar-refractivity contribution in [3.8, 4) is 0 Å². The van der Waals surface area contributed by atoms with E-state index in [0.717, 1.165) is 0 Å². The minimum atomic E-state index is -0.732. The van der Waals surface area contributed by atoms with Gasteiger partial charge in [-0.05, 0) is 13.8 Å². The van der Waals surface area contributed by atoms with Gasteiger partial charge < -0.3 is 10.5 Å². The molecule has 0 spiro atoms. The van der Waals surface area contributed by atoms with Crippen molar-refractivity contribution in [1.82, 2.24) is 4.98 Å². The van der Waals surface area contributed by atoms with E-state index in [1.54, 1.807) is 13.8 Å². The molecule has 0 aliphatic carbocycles. The van der Waals surface area contributed by atoms with Gasteiger partial charge in [0.05, 0.1) is 11.6 Å². The summed E-state index contributed by atoms with van der Waals surface area (Å²) in [6.07, 6.45) is 0. The number of anilines is 1. The zero-order valence-corrected chi connectivity index (χ0v) is 9.18. The van der Waals surface area contributed by atoms with Crippen molar-refractivity contribution >= 4 is 28.3 Å². The molecule has 0 atom stereocenters. The maximum atomic E-state index is 11.4. The zero-order valence-electron chi connectivity index (χ0n) is 8.36. The van der Waals surface area contributed by atoms with Crippen molar-refractivity contribution in [2.24, 2.45) is 5.73 Å². The average molecular weight is 229 g/mol. The zero-order chi connectivity index (χ0) is 11.4. The van der Waals surface area contributed by atoms with Gasteiger partial charge in [-0.3, -0.25) is 5.32 Å². The maximum Gasteiger partial charge on any atom is 0.360 e. The van der Waals surface area contributed by atoms with Crippen molar-refractivity contribution in [3.63, 3.8) is 0 Å². The summed E-state index contributed by atoms with van der Waals surface area (Å²) in [6.45, 7) is 3.67. The van der Waals surface area contributed by atoms with E-state index in [1.807, 2.05) is 0 Å². The van der Waals surface area contributed by atoms with E-state index in [0.29, 0.717) is 10.0 Å². The number of rotatable bonds is 3. The van der Waals surface area contributed by atoms with Crippen LogP contribution >= 0.6 is 11.3 Å². The van der Waals surface area contributed by atoms with Crippen molar-refractivity contribution in [2.75, 3.05) is 11.9 Å². The van der Waals surface area contributed by atoms with Crippen LogP contribution in [-0.2, 0) is 4.74 Å². The summed E-state index contributed by atoms with van der Waals surface area (Å²) < 4.78 is 4.78. The van der Waals surface area contributed by atoms with Gasteiger partial charge in [-0.2, -0.15) is 0 Å². The second-order valence-corrected chi connectivity index (χ2v) is 3.82. The second kappa shape index (κ2) is 4.74. The first kappa shape index (κ1) is 11.4. The molecule has 0 saturated heterocycles. The van der Waals surface area contributed by atoms with Gasteiger partial charge in [0.1, 0.15) is 5.00 Å². The molecular weight excluding hydrogens is 218 g/mol. The maximum absolute atomic E-state index is 11.4. The van der Waals surface area contributed by atoms with Gasteiger partial charge in [-0.25, -0.2) is 14.6 Å². The van der Waals surface area contributed by atoms with Gasteiger partial charge in [0.15, 0.2) is 5.69 Å². The first-order chi connectivity index (χ1) is 7.04. The number of carbonyl (C=O) groups excluding carboxylic acids is 2. The van der Waals surface area contributed by atoms with Gasteiger partial charge in [-0.1, -0.05) is 0 Å². The monoisotopic (exact) mass is 229 g/mol. The topological polar surface area (TPSA) is 94.3 Å². The molecule has 0 unspecified atom stereocenters. The van der Waals surface area contributed by atoms with E-state index < -0.39 is 12.0 Å². The minimum Gasteiger partial charge on any atom is -0.461 e. The Hall–Kier alpha value is -1.63. The summed E-state index contributed by atoms with van der Waals surface area (Å²) in [5.41, 5.74) is 5.05. The summed E-state index contributed by atoms with van der Waals surface area (Å²) in [5, 5.41) is 3.30. The number of urea groups is 1. The number of esters is 1. The molecule has 3 N–H and O–H groups in total. The SMILES string of the molecule is CCOC(=O)c1nc(C)sc1NC(N)=O. The summed E-state index contributed by atoms with van der Waals surface area (Å²) in [4.78, 5) is 26.0. The Bertz CT molecular complexity index is 388. The summed E-state index contributed by atoms with van der Waals surface area (Å²) in [7, 11) is 0. The molecule has 0 aliphatic rings. The molecule has 1 aromatic heterocycles. The number of nitrogens with two attached hydrogens (primary N) is 1. The van der Waals surface area contributed by atoms with Crippen LogP contribution in [0.5, 0.6) is 0 Å². The van der Waals surface area contributed by atoms with E-state index in [2.05, 4.69) is 10.3 Å². The fraction of sp³-hybridized carbons (Fsp3) is 0.375. The van der Waals surface area contributed by atoms with Gasteiger partial charge >= 0.3 is 12.0 Å². The largest absolute Gasteiger partial charge is 0.461 e. The molecule has 0 bridgehead atoms. The van der Waals surface area contributed by atoms with Crippen LogP contribution in [-0.4, -0.2) is 23.6 Å². The van der Waals surface area contributed by atoms with Crippen molar-refractivity contribution < 1.29 is 14.3 Å². The molecule has 7 heteroatoms. The fourth-order valence-electron chi connectivity index (χ4n) is 0.961. The summed E-state index contributed by atoms with van der Waals surface area (Å²) in [5.74, 6) is -0.564. The van der Waals surface area contributed by atoms with Crippen LogP contribution < -0.4 is 11.1 Å². The Morgan fingerprint density at radius 2 is 2.27 bits per heavy atom. The first-order valence-electron chi connectivity index (χ1n) is 4.25. The Morgan fingerprint density at radius 1 is 1.60 bits per heavy atom. The molecule has 82 valence electrons. The van der Waals surface area contributed by atoms with E-state index in [9.17, 15) is 9.59 Å². The van der Waals surface area contributed by atoms with E-state index in [4.69, 9.17) is 10.5 Å². The smallest absolute Gasteiger partial charge is 0.360 e. The van der Waals surface area contributed by atoms with E-state index in [-0.39, 0.29) is 12.3 Å². The third kappa shape index (κ3) is 2.91. The third-order valence-electron chi connectivity index (χ3n) is 1.44. The number of aryl methyl sites for hydroxylation is 1. The molecule has 2 amide bonds. The standard InChI is InChI=1S/C8H11N3O3S/c1-3-14-7(12)5-6(11-8(9)13)15-4(2)10-5/h3H2,1-2H3,(H3,9,11,13). The van der Waals surface area contributed by atoms with Gasteiger partial charge in [0.25, 0.3) is 0 Å². The highest BCUT2D eigenvalue weighted by Gasteiger charge is 2.18. The molecule has 15 heavy (non-hydrogen) atoms. The van der Waals surface area contributed by atoms with Crippen LogP contribution in [0.3, 0.4) is 0 Å². The van der Waals surface area contributed by atoms with E-state index in [1.165, 1.54) is 11.3 Å². The number of hydrogen-bond donors (Lipinski definition) is 2. The minimum absolute atomic E-state index is 0.0955. The van der Waals surface area contributed by atoms with Crippen molar-refractivity contribution in [2.45, 2.75) is 13.8 Å². The number of aromatic nitrogens is 1. The van der Waals surface area contributed by atoms with E-state index >= 15 is 0 Å². The van der Waals surface area contributed by atoms with Crippen LogP contribution in [0.25, 0.3) is 0 Å². The highest BCUT2D eigenvalue weighted by molar-refractivity contribution is 7.16. The lowest BCUT2D eigenvalue weighted by molar-refractivity contribution is 0.0521. The number of nitrogens with zero attached hydrogens (tertiary/aromatic N) is 1. The molecule has 0 aromatic carbocycles. The molecule has 0 fully saturated rings. The highest BCUT2D eigenvalue weighted by atomic mass is 32.1. The van der Waals surface area contributed by atoms with Crippen molar-refractivity contribution in [3.05, 3.63) is 10.7 Å². The molecule has 0 radical (unpaired) electrons.